The van der Waals surface area contributed by atoms with Crippen LogP contribution in [0, 0.1) is 5.82 Å². The van der Waals surface area contributed by atoms with Gasteiger partial charge in [-0.2, -0.15) is 0 Å². The Bertz CT molecular complexity index is 604. The minimum atomic E-state index is -0.958. The molecule has 1 unspecified atom stereocenters. The summed E-state index contributed by atoms with van der Waals surface area (Å²) < 4.78 is 12.9. The van der Waals surface area contributed by atoms with E-state index >= 15 is 0 Å². The molecule has 0 saturated carbocycles. The van der Waals surface area contributed by atoms with Gasteiger partial charge < -0.3 is 5.11 Å². The normalized spacial score (nSPS) is 12.1. The molecule has 0 amide bonds. The van der Waals surface area contributed by atoms with E-state index in [9.17, 15) is 14.3 Å². The minimum absolute atomic E-state index is 0.264. The van der Waals surface area contributed by atoms with Crippen molar-refractivity contribution < 1.29 is 14.3 Å². The molecular formula is C14H13FN2O2S. The van der Waals surface area contributed by atoms with E-state index < -0.39 is 11.9 Å². The number of hydrogen-bond donors (Lipinski definition) is 1. The third-order valence-electron chi connectivity index (χ3n) is 2.88. The number of aliphatic carboxylic acids is 1. The summed E-state index contributed by atoms with van der Waals surface area (Å²) in [5.74, 6) is -2.07. The molecule has 1 aromatic heterocycles. The summed E-state index contributed by atoms with van der Waals surface area (Å²) in [6, 6.07) is 7.49. The zero-order chi connectivity index (χ0) is 14.5. The number of carboxylic acids is 1. The SMILES string of the molecule is CSc1cc(C(Cc2ccc(F)cc2)C(=O)O)ncn1. The van der Waals surface area contributed by atoms with Crippen molar-refractivity contribution in [1.29, 1.82) is 0 Å². The van der Waals surface area contributed by atoms with Crippen LogP contribution < -0.4 is 0 Å². The third-order valence-corrected chi connectivity index (χ3v) is 3.52. The molecular weight excluding hydrogens is 279 g/mol. The number of carboxylic acid groups (broad SMARTS) is 1. The lowest BCUT2D eigenvalue weighted by atomic mass is 9.96. The third kappa shape index (κ3) is 3.54. The minimum Gasteiger partial charge on any atom is -0.481 e. The van der Waals surface area contributed by atoms with Crippen molar-refractivity contribution in [2.75, 3.05) is 6.26 Å². The van der Waals surface area contributed by atoms with Gasteiger partial charge in [0.2, 0.25) is 0 Å². The zero-order valence-corrected chi connectivity index (χ0v) is 11.6. The number of halogens is 1. The Morgan fingerprint density at radius 1 is 1.35 bits per heavy atom. The molecule has 6 heteroatoms. The molecule has 1 aromatic carbocycles. The molecule has 0 aliphatic rings. The zero-order valence-electron chi connectivity index (χ0n) is 10.8. The molecule has 0 aliphatic carbocycles. The first kappa shape index (κ1) is 14.5. The van der Waals surface area contributed by atoms with Gasteiger partial charge >= 0.3 is 5.97 Å². The molecule has 0 aliphatic heterocycles. The Labute approximate surface area is 120 Å². The number of carbonyl (C=O) groups is 1. The van der Waals surface area contributed by atoms with Crippen LogP contribution in [0.1, 0.15) is 17.2 Å². The maximum Gasteiger partial charge on any atom is 0.312 e. The van der Waals surface area contributed by atoms with E-state index in [2.05, 4.69) is 9.97 Å². The fraction of sp³-hybridized carbons (Fsp3) is 0.214. The van der Waals surface area contributed by atoms with Crippen molar-refractivity contribution >= 4 is 17.7 Å². The highest BCUT2D eigenvalue weighted by atomic mass is 32.2. The molecule has 1 heterocycles. The van der Waals surface area contributed by atoms with Gasteiger partial charge in [0.15, 0.2) is 0 Å². The van der Waals surface area contributed by atoms with Crippen LogP contribution in [-0.4, -0.2) is 27.3 Å². The number of hydrogen-bond acceptors (Lipinski definition) is 4. The van der Waals surface area contributed by atoms with Crippen LogP contribution in [0.4, 0.5) is 4.39 Å². The molecule has 0 spiro atoms. The van der Waals surface area contributed by atoms with E-state index in [-0.39, 0.29) is 12.2 Å². The standard InChI is InChI=1S/C14H13FN2O2S/c1-20-13-7-12(16-8-17-13)11(14(18)19)6-9-2-4-10(15)5-3-9/h2-5,7-8,11H,6H2,1H3,(H,18,19). The van der Waals surface area contributed by atoms with Gasteiger partial charge in [-0.1, -0.05) is 12.1 Å². The van der Waals surface area contributed by atoms with Crippen LogP contribution in [0.3, 0.4) is 0 Å². The predicted octanol–water partition coefficient (Wildman–Crippen LogP) is 2.75. The van der Waals surface area contributed by atoms with Gasteiger partial charge in [0.1, 0.15) is 18.1 Å². The molecule has 2 aromatic rings. The second kappa shape index (κ2) is 6.47. The van der Waals surface area contributed by atoms with Crippen LogP contribution in [0.2, 0.25) is 0 Å². The molecule has 0 radical (unpaired) electrons. The smallest absolute Gasteiger partial charge is 0.312 e. The molecule has 104 valence electrons. The van der Waals surface area contributed by atoms with E-state index in [4.69, 9.17) is 0 Å². The van der Waals surface area contributed by atoms with Crippen molar-refractivity contribution in [3.63, 3.8) is 0 Å². The summed E-state index contributed by atoms with van der Waals surface area (Å²) in [7, 11) is 0. The van der Waals surface area contributed by atoms with Crippen molar-refractivity contribution in [1.82, 2.24) is 9.97 Å². The average molecular weight is 292 g/mol. The van der Waals surface area contributed by atoms with Crippen molar-refractivity contribution in [3.8, 4) is 0 Å². The van der Waals surface area contributed by atoms with Gasteiger partial charge in [0.25, 0.3) is 0 Å². The van der Waals surface area contributed by atoms with E-state index in [1.165, 1.54) is 30.2 Å². The van der Waals surface area contributed by atoms with Crippen molar-refractivity contribution in [2.45, 2.75) is 17.4 Å². The summed E-state index contributed by atoms with van der Waals surface area (Å²) >= 11 is 1.43. The van der Waals surface area contributed by atoms with Gasteiger partial charge in [0, 0.05) is 0 Å². The average Bonchev–Trinajstić information content (AvgIpc) is 2.46. The molecule has 1 atom stereocenters. The summed E-state index contributed by atoms with van der Waals surface area (Å²) in [6.45, 7) is 0. The second-order valence-electron chi connectivity index (χ2n) is 4.21. The number of aromatic nitrogens is 2. The largest absolute Gasteiger partial charge is 0.481 e. The number of thioether (sulfide) groups is 1. The van der Waals surface area contributed by atoms with E-state index in [0.29, 0.717) is 5.69 Å². The van der Waals surface area contributed by atoms with E-state index in [1.54, 1.807) is 18.2 Å². The molecule has 2 rings (SSSR count). The molecule has 20 heavy (non-hydrogen) atoms. The Morgan fingerprint density at radius 2 is 2.05 bits per heavy atom. The first-order valence-electron chi connectivity index (χ1n) is 5.93. The number of nitrogens with zero attached hydrogens (tertiary/aromatic N) is 2. The van der Waals surface area contributed by atoms with Gasteiger partial charge in [0.05, 0.1) is 10.7 Å². The van der Waals surface area contributed by atoms with Gasteiger partial charge in [-0.15, -0.1) is 11.8 Å². The molecule has 0 fully saturated rings. The predicted molar refractivity (Wildman–Crippen MR) is 74.3 cm³/mol. The molecule has 0 bridgehead atoms. The van der Waals surface area contributed by atoms with Gasteiger partial charge in [-0.05, 0) is 36.4 Å². The fourth-order valence-corrected chi connectivity index (χ4v) is 2.22. The quantitative estimate of drug-likeness (QED) is 0.678. The lowest BCUT2D eigenvalue weighted by Gasteiger charge is -2.12. The maximum atomic E-state index is 12.9. The molecule has 1 N–H and O–H groups in total. The Hall–Kier alpha value is -1.95. The second-order valence-corrected chi connectivity index (χ2v) is 5.03. The number of rotatable bonds is 5. The highest BCUT2D eigenvalue weighted by Gasteiger charge is 2.22. The van der Waals surface area contributed by atoms with Crippen LogP contribution >= 0.6 is 11.8 Å². The summed E-state index contributed by atoms with van der Waals surface area (Å²) in [5.41, 5.74) is 1.21. The van der Waals surface area contributed by atoms with Crippen LogP contribution in [0.15, 0.2) is 41.7 Å². The van der Waals surface area contributed by atoms with Gasteiger partial charge in [-0.3, -0.25) is 4.79 Å². The summed E-state index contributed by atoms with van der Waals surface area (Å²) in [4.78, 5) is 19.5. The van der Waals surface area contributed by atoms with Crippen molar-refractivity contribution in [2.24, 2.45) is 0 Å². The molecule has 0 saturated heterocycles. The highest BCUT2D eigenvalue weighted by Crippen LogP contribution is 2.22. The Balaban J connectivity index is 2.26. The fourth-order valence-electron chi connectivity index (χ4n) is 1.83. The first-order chi connectivity index (χ1) is 9.60. The first-order valence-corrected chi connectivity index (χ1v) is 7.16. The topological polar surface area (TPSA) is 63.1 Å². The number of benzene rings is 1. The van der Waals surface area contributed by atoms with Crippen LogP contribution in [0.5, 0.6) is 0 Å². The van der Waals surface area contributed by atoms with Crippen LogP contribution in [-0.2, 0) is 11.2 Å². The lowest BCUT2D eigenvalue weighted by molar-refractivity contribution is -0.138. The summed E-state index contributed by atoms with van der Waals surface area (Å²) in [6.07, 6.45) is 3.49. The Kier molecular flexibility index (Phi) is 4.68. The summed E-state index contributed by atoms with van der Waals surface area (Å²) in [5, 5.41) is 10.1. The highest BCUT2D eigenvalue weighted by molar-refractivity contribution is 7.98. The molecule has 4 nitrogen and oxygen atoms in total. The van der Waals surface area contributed by atoms with E-state index in [1.807, 2.05) is 6.26 Å². The monoisotopic (exact) mass is 292 g/mol. The Morgan fingerprint density at radius 3 is 2.65 bits per heavy atom. The van der Waals surface area contributed by atoms with Crippen LogP contribution in [0.25, 0.3) is 0 Å². The van der Waals surface area contributed by atoms with Crippen molar-refractivity contribution in [3.05, 3.63) is 53.7 Å². The lowest BCUT2D eigenvalue weighted by Crippen LogP contribution is -2.16. The van der Waals surface area contributed by atoms with E-state index in [0.717, 1.165) is 10.6 Å². The van der Waals surface area contributed by atoms with Gasteiger partial charge in [-0.25, -0.2) is 14.4 Å². The maximum absolute atomic E-state index is 12.9.